The summed E-state index contributed by atoms with van der Waals surface area (Å²) in [5.41, 5.74) is 3.60. The van der Waals surface area contributed by atoms with Crippen LogP contribution >= 0.6 is 11.3 Å². The summed E-state index contributed by atoms with van der Waals surface area (Å²) in [5.74, 6) is 1.49. The number of hydrogen-bond donors (Lipinski definition) is 1. The van der Waals surface area contributed by atoms with Gasteiger partial charge in [0.05, 0.1) is 29.9 Å². The predicted octanol–water partition coefficient (Wildman–Crippen LogP) is 4.04. The molecule has 0 saturated carbocycles. The van der Waals surface area contributed by atoms with E-state index < -0.39 is 0 Å². The standard InChI is InChI=1S/C24H25N7O2S/c1-2-33-24(32)31-12-10-30(11-13-31)22-21(28-19-7-3-4-8-20(19)29-22)26-15-18-16-34-23(27-18)17-6-5-9-25-14-17/h3-9,14,16H,2,10-13,15H2,1H3,(H,26,28). The second kappa shape index (κ2) is 10.0. The second-order valence-corrected chi connectivity index (χ2v) is 8.65. The minimum Gasteiger partial charge on any atom is -0.450 e. The van der Waals surface area contributed by atoms with Gasteiger partial charge in [0.25, 0.3) is 0 Å². The van der Waals surface area contributed by atoms with Gasteiger partial charge in [-0.2, -0.15) is 0 Å². The van der Waals surface area contributed by atoms with Gasteiger partial charge in [0.1, 0.15) is 5.01 Å². The number of carbonyl (C=O) groups is 1. The van der Waals surface area contributed by atoms with Gasteiger partial charge in [-0.1, -0.05) is 12.1 Å². The molecule has 1 aliphatic rings. The van der Waals surface area contributed by atoms with Crippen LogP contribution in [0.5, 0.6) is 0 Å². The highest BCUT2D eigenvalue weighted by atomic mass is 32.1. The van der Waals surface area contributed by atoms with Crippen molar-refractivity contribution < 1.29 is 9.53 Å². The summed E-state index contributed by atoms with van der Waals surface area (Å²) < 4.78 is 5.14. The van der Waals surface area contributed by atoms with E-state index in [1.807, 2.05) is 54.9 Å². The Kier molecular flexibility index (Phi) is 6.48. The van der Waals surface area contributed by atoms with Crippen LogP contribution in [0.2, 0.25) is 0 Å². The zero-order chi connectivity index (χ0) is 23.3. The largest absolute Gasteiger partial charge is 0.450 e. The summed E-state index contributed by atoms with van der Waals surface area (Å²) in [6, 6.07) is 11.8. The first-order chi connectivity index (χ1) is 16.7. The van der Waals surface area contributed by atoms with Crippen molar-refractivity contribution in [3.05, 3.63) is 59.9 Å². The first-order valence-corrected chi connectivity index (χ1v) is 12.1. The number of nitrogens with one attached hydrogen (secondary N) is 1. The van der Waals surface area contributed by atoms with Gasteiger partial charge in [0.2, 0.25) is 0 Å². The lowest BCUT2D eigenvalue weighted by Gasteiger charge is -2.35. The molecule has 1 aliphatic heterocycles. The van der Waals surface area contributed by atoms with Gasteiger partial charge in [-0.05, 0) is 31.2 Å². The van der Waals surface area contributed by atoms with E-state index in [1.54, 1.807) is 22.4 Å². The summed E-state index contributed by atoms with van der Waals surface area (Å²) >= 11 is 1.59. The number of hydrogen-bond acceptors (Lipinski definition) is 9. The van der Waals surface area contributed by atoms with E-state index in [1.165, 1.54) is 0 Å². The van der Waals surface area contributed by atoms with Crippen LogP contribution in [0.4, 0.5) is 16.4 Å². The molecule has 0 spiro atoms. The number of ether oxygens (including phenoxy) is 1. The van der Waals surface area contributed by atoms with Crippen molar-refractivity contribution in [1.29, 1.82) is 0 Å². The number of thiazole rings is 1. The van der Waals surface area contributed by atoms with E-state index >= 15 is 0 Å². The lowest BCUT2D eigenvalue weighted by molar-refractivity contribution is 0.105. The SMILES string of the molecule is CCOC(=O)N1CCN(c2nc3ccccc3nc2NCc2csc(-c3cccnc3)n2)CC1. The number of carbonyl (C=O) groups excluding carboxylic acids is 1. The van der Waals surface area contributed by atoms with E-state index in [2.05, 4.69) is 15.2 Å². The summed E-state index contributed by atoms with van der Waals surface area (Å²) in [4.78, 5) is 34.7. The van der Waals surface area contributed by atoms with Crippen LogP contribution in [0.25, 0.3) is 21.6 Å². The Hall–Kier alpha value is -3.79. The topological polar surface area (TPSA) is 96.4 Å². The van der Waals surface area contributed by atoms with Crippen molar-refractivity contribution in [3.63, 3.8) is 0 Å². The molecular weight excluding hydrogens is 450 g/mol. The monoisotopic (exact) mass is 475 g/mol. The Bertz CT molecular complexity index is 1270. The highest BCUT2D eigenvalue weighted by Crippen LogP contribution is 2.28. The number of para-hydroxylation sites is 2. The second-order valence-electron chi connectivity index (χ2n) is 7.80. The number of piperazine rings is 1. The molecule has 1 N–H and O–H groups in total. The van der Waals surface area contributed by atoms with Gasteiger partial charge < -0.3 is 19.9 Å². The van der Waals surface area contributed by atoms with Crippen LogP contribution in [0.3, 0.4) is 0 Å². The summed E-state index contributed by atoms with van der Waals surface area (Å²) in [6.45, 7) is 5.19. The van der Waals surface area contributed by atoms with Crippen molar-refractivity contribution in [2.45, 2.75) is 13.5 Å². The van der Waals surface area contributed by atoms with E-state index in [0.29, 0.717) is 45.1 Å². The molecule has 4 heterocycles. The smallest absolute Gasteiger partial charge is 0.409 e. The Morgan fingerprint density at radius 3 is 2.59 bits per heavy atom. The third-order valence-corrected chi connectivity index (χ3v) is 6.49. The van der Waals surface area contributed by atoms with Gasteiger partial charge in [-0.3, -0.25) is 4.98 Å². The van der Waals surface area contributed by atoms with Crippen LogP contribution in [-0.2, 0) is 11.3 Å². The molecule has 3 aromatic heterocycles. The van der Waals surface area contributed by atoms with Crippen molar-refractivity contribution >= 4 is 40.1 Å². The molecule has 9 nitrogen and oxygen atoms in total. The number of anilines is 2. The molecule has 174 valence electrons. The van der Waals surface area contributed by atoms with Crippen molar-refractivity contribution in [2.75, 3.05) is 43.0 Å². The van der Waals surface area contributed by atoms with Gasteiger partial charge in [-0.25, -0.2) is 19.7 Å². The van der Waals surface area contributed by atoms with Gasteiger partial charge in [-0.15, -0.1) is 11.3 Å². The molecule has 10 heteroatoms. The number of amides is 1. The average Bonchev–Trinajstić information content (AvgIpc) is 3.37. The number of pyridine rings is 1. The third kappa shape index (κ3) is 4.76. The first-order valence-electron chi connectivity index (χ1n) is 11.2. The van der Waals surface area contributed by atoms with Crippen LogP contribution in [0, 0.1) is 0 Å². The summed E-state index contributed by atoms with van der Waals surface area (Å²) in [6.07, 6.45) is 3.31. The van der Waals surface area contributed by atoms with E-state index in [4.69, 9.17) is 19.7 Å². The molecule has 0 aliphatic carbocycles. The lowest BCUT2D eigenvalue weighted by atomic mass is 10.2. The summed E-state index contributed by atoms with van der Waals surface area (Å²) in [7, 11) is 0. The van der Waals surface area contributed by atoms with E-state index in [0.717, 1.165) is 33.1 Å². The van der Waals surface area contributed by atoms with Crippen LogP contribution in [0.15, 0.2) is 54.2 Å². The number of nitrogens with zero attached hydrogens (tertiary/aromatic N) is 6. The fraction of sp³-hybridized carbons (Fsp3) is 0.292. The molecular formula is C24H25N7O2S. The number of aromatic nitrogens is 4. The van der Waals surface area contributed by atoms with Crippen molar-refractivity contribution in [1.82, 2.24) is 24.8 Å². The van der Waals surface area contributed by atoms with Gasteiger partial charge >= 0.3 is 6.09 Å². The quantitative estimate of drug-likeness (QED) is 0.446. The van der Waals surface area contributed by atoms with Gasteiger partial charge in [0, 0.05) is 49.5 Å². The normalized spacial score (nSPS) is 13.8. The number of fused-ring (bicyclic) bond motifs is 1. The molecule has 4 aromatic rings. The number of benzene rings is 1. The fourth-order valence-electron chi connectivity index (χ4n) is 3.83. The molecule has 0 bridgehead atoms. The molecule has 1 saturated heterocycles. The van der Waals surface area contributed by atoms with Crippen LogP contribution in [-0.4, -0.2) is 63.7 Å². The molecule has 1 amide bonds. The highest BCUT2D eigenvalue weighted by molar-refractivity contribution is 7.13. The third-order valence-electron chi connectivity index (χ3n) is 5.55. The maximum absolute atomic E-state index is 12.1. The molecule has 34 heavy (non-hydrogen) atoms. The molecule has 0 radical (unpaired) electrons. The predicted molar refractivity (Wildman–Crippen MR) is 133 cm³/mol. The van der Waals surface area contributed by atoms with E-state index in [9.17, 15) is 4.79 Å². The maximum Gasteiger partial charge on any atom is 0.409 e. The molecule has 0 atom stereocenters. The minimum absolute atomic E-state index is 0.266. The average molecular weight is 476 g/mol. The zero-order valence-electron chi connectivity index (χ0n) is 18.8. The molecule has 5 rings (SSSR count). The maximum atomic E-state index is 12.1. The Morgan fingerprint density at radius 1 is 1.06 bits per heavy atom. The van der Waals surface area contributed by atoms with Gasteiger partial charge in [0.15, 0.2) is 11.6 Å². The zero-order valence-corrected chi connectivity index (χ0v) is 19.7. The van der Waals surface area contributed by atoms with Crippen molar-refractivity contribution in [3.8, 4) is 10.6 Å². The summed E-state index contributed by atoms with van der Waals surface area (Å²) in [5, 5.41) is 6.42. The Balaban J connectivity index is 1.35. The Morgan fingerprint density at radius 2 is 1.85 bits per heavy atom. The molecule has 0 unspecified atom stereocenters. The lowest BCUT2D eigenvalue weighted by Crippen LogP contribution is -2.49. The van der Waals surface area contributed by atoms with Crippen molar-refractivity contribution in [2.24, 2.45) is 0 Å². The number of rotatable bonds is 6. The van der Waals surface area contributed by atoms with E-state index in [-0.39, 0.29) is 6.09 Å². The van der Waals surface area contributed by atoms with Crippen LogP contribution < -0.4 is 10.2 Å². The minimum atomic E-state index is -0.266. The highest BCUT2D eigenvalue weighted by Gasteiger charge is 2.25. The van der Waals surface area contributed by atoms with Crippen LogP contribution in [0.1, 0.15) is 12.6 Å². The Labute approximate surface area is 201 Å². The molecule has 1 fully saturated rings. The first kappa shape index (κ1) is 22.0. The molecule has 1 aromatic carbocycles. The fourth-order valence-corrected chi connectivity index (χ4v) is 4.64.